The molecule has 1 fully saturated rings. The van der Waals surface area contributed by atoms with Crippen molar-refractivity contribution in [2.45, 2.75) is 77.5 Å². The van der Waals surface area contributed by atoms with Gasteiger partial charge in [0.25, 0.3) is 5.56 Å². The maximum absolute atomic E-state index is 13.4. The topological polar surface area (TPSA) is 66.8 Å². The monoisotopic (exact) mass is 487 g/mol. The molecule has 0 saturated heterocycles. The van der Waals surface area contributed by atoms with Gasteiger partial charge < -0.3 is 14.2 Å². The summed E-state index contributed by atoms with van der Waals surface area (Å²) >= 11 is 6.30. The summed E-state index contributed by atoms with van der Waals surface area (Å²) in [5.74, 6) is 0.392. The Bertz CT molecular complexity index is 1100. The van der Waals surface area contributed by atoms with Gasteiger partial charge in [-0.3, -0.25) is 9.36 Å². The first-order valence-electron chi connectivity index (χ1n) is 12.1. The molecular weight excluding hydrogens is 454 g/mol. The molecule has 1 aliphatic heterocycles. The number of ether oxygens (including phenoxy) is 3. The Morgan fingerprint density at radius 3 is 2.68 bits per heavy atom. The van der Waals surface area contributed by atoms with Gasteiger partial charge in [0.2, 0.25) is 0 Å². The normalized spacial score (nSPS) is 19.0. The van der Waals surface area contributed by atoms with Crippen LogP contribution in [0.3, 0.4) is 0 Å². The van der Waals surface area contributed by atoms with Crippen LogP contribution >= 0.6 is 11.6 Å². The third kappa shape index (κ3) is 5.84. The van der Waals surface area contributed by atoms with Crippen LogP contribution in [-0.4, -0.2) is 35.5 Å². The highest BCUT2D eigenvalue weighted by atomic mass is 35.5. The zero-order valence-corrected chi connectivity index (χ0v) is 21.2. The standard InChI is InChI=1S/C27H34ClNO5/c1-17-12-18-8-9-19(28)13-21(18)22-14-25(30)29(15-24(22)33-16-17)23(26(31)34-27(2,3)4)10-11-32-20-6-5-7-20/h8-9,13-15,17,20,23H,5-7,10-12,16H2,1-4H3/t17-,23?/m1/s1. The van der Waals surface area contributed by atoms with Gasteiger partial charge in [-0.15, -0.1) is 0 Å². The van der Waals surface area contributed by atoms with E-state index < -0.39 is 17.6 Å². The van der Waals surface area contributed by atoms with Crippen LogP contribution in [0.5, 0.6) is 5.75 Å². The van der Waals surface area contributed by atoms with Gasteiger partial charge in [0.15, 0.2) is 0 Å². The second kappa shape index (κ2) is 10.1. The van der Waals surface area contributed by atoms with Crippen LogP contribution in [0.4, 0.5) is 0 Å². The number of esters is 1. The van der Waals surface area contributed by atoms with Crippen LogP contribution in [0.2, 0.25) is 5.02 Å². The lowest BCUT2D eigenvalue weighted by atomic mass is 9.92. The van der Waals surface area contributed by atoms with Crippen LogP contribution in [0.1, 0.15) is 65.0 Å². The fourth-order valence-corrected chi connectivity index (χ4v) is 4.54. The van der Waals surface area contributed by atoms with E-state index in [4.69, 9.17) is 25.8 Å². The minimum Gasteiger partial charge on any atom is -0.491 e. The molecule has 0 bridgehead atoms. The Morgan fingerprint density at radius 2 is 2.00 bits per heavy atom. The highest BCUT2D eigenvalue weighted by Gasteiger charge is 2.30. The fourth-order valence-electron chi connectivity index (χ4n) is 4.37. The molecule has 1 aliphatic carbocycles. The minimum atomic E-state index is -0.803. The number of benzene rings is 1. The van der Waals surface area contributed by atoms with Gasteiger partial charge in [0.05, 0.1) is 18.9 Å². The van der Waals surface area contributed by atoms with Crippen LogP contribution in [0.15, 0.2) is 35.3 Å². The molecule has 0 spiro atoms. The molecule has 0 amide bonds. The zero-order valence-electron chi connectivity index (χ0n) is 20.4. The van der Waals surface area contributed by atoms with Gasteiger partial charge in [-0.1, -0.05) is 24.6 Å². The average Bonchev–Trinajstić information content (AvgIpc) is 2.71. The zero-order chi connectivity index (χ0) is 24.5. The van der Waals surface area contributed by atoms with E-state index >= 15 is 0 Å². The molecule has 2 atom stereocenters. The second-order valence-corrected chi connectivity index (χ2v) is 10.9. The summed E-state index contributed by atoms with van der Waals surface area (Å²) in [5, 5.41) is 0.599. The largest absolute Gasteiger partial charge is 0.491 e. The van der Waals surface area contributed by atoms with E-state index in [9.17, 15) is 9.59 Å². The van der Waals surface area contributed by atoms with Crippen molar-refractivity contribution in [3.63, 3.8) is 0 Å². The molecular formula is C27H34ClNO5. The van der Waals surface area contributed by atoms with E-state index in [0.717, 1.165) is 30.4 Å². The van der Waals surface area contributed by atoms with E-state index in [2.05, 4.69) is 6.92 Å². The lowest BCUT2D eigenvalue weighted by Gasteiger charge is -2.29. The van der Waals surface area contributed by atoms with E-state index in [-0.39, 0.29) is 17.6 Å². The first kappa shape index (κ1) is 24.8. The number of rotatable bonds is 6. The Balaban J connectivity index is 1.72. The summed E-state index contributed by atoms with van der Waals surface area (Å²) in [7, 11) is 0. The van der Waals surface area contributed by atoms with Gasteiger partial charge in [0, 0.05) is 29.7 Å². The number of halogens is 1. The quantitative estimate of drug-likeness (QED) is 0.497. The fraction of sp³-hybridized carbons (Fsp3) is 0.556. The van der Waals surface area contributed by atoms with E-state index in [0.29, 0.717) is 36.0 Å². The van der Waals surface area contributed by atoms with Gasteiger partial charge in [0.1, 0.15) is 17.4 Å². The molecule has 2 aromatic rings. The molecule has 2 aliphatic rings. The third-order valence-corrected chi connectivity index (χ3v) is 6.54. The summed E-state index contributed by atoms with van der Waals surface area (Å²) < 4.78 is 19.2. The number of hydrogen-bond acceptors (Lipinski definition) is 5. The van der Waals surface area contributed by atoms with Crippen molar-refractivity contribution in [1.29, 1.82) is 0 Å². The molecule has 0 N–H and O–H groups in total. The summed E-state index contributed by atoms with van der Waals surface area (Å²) in [6.45, 7) is 8.48. The number of carbonyl (C=O) groups is 1. The van der Waals surface area contributed by atoms with Crippen LogP contribution in [0.25, 0.3) is 11.1 Å². The van der Waals surface area contributed by atoms with Crippen molar-refractivity contribution in [2.24, 2.45) is 5.92 Å². The first-order chi connectivity index (χ1) is 16.1. The Morgan fingerprint density at radius 1 is 1.24 bits per heavy atom. The SMILES string of the molecule is C[C@H]1COc2cn(C(CCOC3CCC3)C(=O)OC(C)(C)C)c(=O)cc2-c2cc(Cl)ccc2C1. The van der Waals surface area contributed by atoms with Crippen LogP contribution in [-0.2, 0) is 20.7 Å². The highest BCUT2D eigenvalue weighted by Crippen LogP contribution is 2.37. The van der Waals surface area contributed by atoms with E-state index in [1.165, 1.54) is 11.0 Å². The molecule has 2 heterocycles. The smallest absolute Gasteiger partial charge is 0.329 e. The molecule has 1 unspecified atom stereocenters. The molecule has 4 rings (SSSR count). The van der Waals surface area contributed by atoms with Crippen molar-refractivity contribution in [2.75, 3.05) is 13.2 Å². The predicted octanol–water partition coefficient (Wildman–Crippen LogP) is 5.58. The Hall–Kier alpha value is -2.31. The number of nitrogens with zero attached hydrogens (tertiary/aromatic N) is 1. The van der Waals surface area contributed by atoms with Gasteiger partial charge in [-0.25, -0.2) is 4.79 Å². The van der Waals surface area contributed by atoms with Gasteiger partial charge in [-0.2, -0.15) is 0 Å². The van der Waals surface area contributed by atoms with E-state index in [1.807, 2.05) is 39.0 Å². The maximum atomic E-state index is 13.4. The third-order valence-electron chi connectivity index (χ3n) is 6.31. The molecule has 1 saturated carbocycles. The van der Waals surface area contributed by atoms with E-state index in [1.54, 1.807) is 12.3 Å². The van der Waals surface area contributed by atoms with Crippen LogP contribution in [0, 0.1) is 5.92 Å². The molecule has 1 aromatic carbocycles. The molecule has 6 nitrogen and oxygen atoms in total. The van der Waals surface area contributed by atoms with Crippen molar-refractivity contribution >= 4 is 17.6 Å². The summed E-state index contributed by atoms with van der Waals surface area (Å²) in [6.07, 6.45) is 6.34. The molecule has 0 radical (unpaired) electrons. The number of pyridine rings is 1. The summed E-state index contributed by atoms with van der Waals surface area (Å²) in [6, 6.07) is 6.50. The van der Waals surface area contributed by atoms with Gasteiger partial charge in [-0.05, 0) is 75.6 Å². The Labute approximate surface area is 206 Å². The van der Waals surface area contributed by atoms with Crippen molar-refractivity contribution in [1.82, 2.24) is 4.57 Å². The Kier molecular flexibility index (Phi) is 7.39. The summed E-state index contributed by atoms with van der Waals surface area (Å²) in [5.41, 5.74) is 1.75. The number of fused-ring (bicyclic) bond motifs is 3. The van der Waals surface area contributed by atoms with Gasteiger partial charge >= 0.3 is 5.97 Å². The lowest BCUT2D eigenvalue weighted by Crippen LogP contribution is -2.36. The lowest BCUT2D eigenvalue weighted by molar-refractivity contribution is -0.160. The number of carbonyl (C=O) groups excluding carboxylic acids is 1. The minimum absolute atomic E-state index is 0.248. The van der Waals surface area contributed by atoms with Crippen molar-refractivity contribution < 1.29 is 19.0 Å². The summed E-state index contributed by atoms with van der Waals surface area (Å²) in [4.78, 5) is 26.5. The second-order valence-electron chi connectivity index (χ2n) is 10.5. The average molecular weight is 488 g/mol. The number of hydrogen-bond donors (Lipinski definition) is 0. The highest BCUT2D eigenvalue weighted by molar-refractivity contribution is 6.30. The number of aromatic nitrogens is 1. The molecule has 34 heavy (non-hydrogen) atoms. The first-order valence-corrected chi connectivity index (χ1v) is 12.5. The van der Waals surface area contributed by atoms with Crippen molar-refractivity contribution in [3.05, 3.63) is 51.4 Å². The van der Waals surface area contributed by atoms with Crippen molar-refractivity contribution in [3.8, 4) is 16.9 Å². The molecule has 184 valence electrons. The maximum Gasteiger partial charge on any atom is 0.329 e. The molecule has 1 aromatic heterocycles. The predicted molar refractivity (Wildman–Crippen MR) is 133 cm³/mol. The molecule has 7 heteroatoms. The van der Waals surface area contributed by atoms with Crippen LogP contribution < -0.4 is 10.3 Å².